The highest BCUT2D eigenvalue weighted by Crippen LogP contribution is 2.36. The van der Waals surface area contributed by atoms with Gasteiger partial charge >= 0.3 is 0 Å². The Hall–Kier alpha value is -2.85. The second-order valence-corrected chi connectivity index (χ2v) is 9.23. The van der Waals surface area contributed by atoms with Crippen molar-refractivity contribution < 1.29 is 9.13 Å². The van der Waals surface area contributed by atoms with Gasteiger partial charge in [0.25, 0.3) is 0 Å². The number of piperidine rings is 1. The van der Waals surface area contributed by atoms with E-state index < -0.39 is 0 Å². The molecule has 1 atom stereocenters. The van der Waals surface area contributed by atoms with Crippen LogP contribution in [0, 0.1) is 5.82 Å². The van der Waals surface area contributed by atoms with Gasteiger partial charge in [0.1, 0.15) is 18.2 Å². The first kappa shape index (κ1) is 22.0. The predicted octanol–water partition coefficient (Wildman–Crippen LogP) is 6.04. The van der Waals surface area contributed by atoms with Gasteiger partial charge in [0, 0.05) is 18.8 Å². The molecule has 1 fully saturated rings. The molecular formula is C29H33FN2O. The van der Waals surface area contributed by atoms with Gasteiger partial charge in [-0.05, 0) is 91.9 Å². The molecule has 2 aliphatic rings. The average molecular weight is 445 g/mol. The number of hydrogen-bond acceptors (Lipinski definition) is 3. The highest BCUT2D eigenvalue weighted by molar-refractivity contribution is 5.53. The third-order valence-electron chi connectivity index (χ3n) is 7.05. The number of benzene rings is 3. The van der Waals surface area contributed by atoms with Crippen LogP contribution in [0.15, 0.2) is 72.8 Å². The molecule has 33 heavy (non-hydrogen) atoms. The molecule has 0 amide bonds. The van der Waals surface area contributed by atoms with E-state index in [2.05, 4.69) is 58.3 Å². The Labute approximate surface area is 196 Å². The normalized spacial score (nSPS) is 18.7. The number of anilines is 1. The van der Waals surface area contributed by atoms with Crippen molar-refractivity contribution in [2.24, 2.45) is 0 Å². The highest BCUT2D eigenvalue weighted by atomic mass is 19.1. The highest BCUT2D eigenvalue weighted by Gasteiger charge is 2.27. The van der Waals surface area contributed by atoms with E-state index in [1.54, 1.807) is 12.1 Å². The van der Waals surface area contributed by atoms with E-state index in [1.165, 1.54) is 49.0 Å². The largest absolute Gasteiger partial charge is 0.492 e. The summed E-state index contributed by atoms with van der Waals surface area (Å²) in [6, 6.07) is 24.5. The number of rotatable bonds is 7. The van der Waals surface area contributed by atoms with Crippen molar-refractivity contribution >= 4 is 5.69 Å². The van der Waals surface area contributed by atoms with Crippen LogP contribution in [0.5, 0.6) is 5.75 Å². The molecule has 0 bridgehead atoms. The lowest BCUT2D eigenvalue weighted by atomic mass is 9.88. The SMILES string of the molecule is Fc1ccc(N2CCc3ccccc3C2Cc2ccc(OCCN3CCCCC3)cc2)cc1. The zero-order valence-corrected chi connectivity index (χ0v) is 19.3. The second kappa shape index (κ2) is 10.4. The smallest absolute Gasteiger partial charge is 0.123 e. The molecule has 2 aliphatic heterocycles. The van der Waals surface area contributed by atoms with Crippen LogP contribution in [-0.4, -0.2) is 37.7 Å². The molecule has 5 rings (SSSR count). The summed E-state index contributed by atoms with van der Waals surface area (Å²) in [4.78, 5) is 4.92. The van der Waals surface area contributed by atoms with E-state index >= 15 is 0 Å². The van der Waals surface area contributed by atoms with Gasteiger partial charge in [-0.1, -0.05) is 42.8 Å². The Morgan fingerprint density at radius 2 is 1.58 bits per heavy atom. The van der Waals surface area contributed by atoms with Crippen LogP contribution < -0.4 is 9.64 Å². The third-order valence-corrected chi connectivity index (χ3v) is 7.05. The maximum Gasteiger partial charge on any atom is 0.123 e. The van der Waals surface area contributed by atoms with Crippen molar-refractivity contribution in [1.29, 1.82) is 0 Å². The first-order valence-corrected chi connectivity index (χ1v) is 12.3. The Bertz CT molecular complexity index is 1030. The van der Waals surface area contributed by atoms with Crippen LogP contribution in [0.4, 0.5) is 10.1 Å². The molecule has 1 unspecified atom stereocenters. The number of fused-ring (bicyclic) bond motifs is 1. The maximum absolute atomic E-state index is 13.5. The Morgan fingerprint density at radius 3 is 2.36 bits per heavy atom. The van der Waals surface area contributed by atoms with E-state index in [9.17, 15) is 4.39 Å². The molecule has 4 heteroatoms. The minimum Gasteiger partial charge on any atom is -0.492 e. The first-order chi connectivity index (χ1) is 16.3. The van der Waals surface area contributed by atoms with Crippen LogP contribution in [0.25, 0.3) is 0 Å². The van der Waals surface area contributed by atoms with E-state index in [0.29, 0.717) is 0 Å². The Kier molecular flexibility index (Phi) is 6.92. The Morgan fingerprint density at radius 1 is 0.818 bits per heavy atom. The van der Waals surface area contributed by atoms with Gasteiger partial charge < -0.3 is 9.64 Å². The van der Waals surface area contributed by atoms with Gasteiger partial charge in [0.2, 0.25) is 0 Å². The molecule has 1 saturated heterocycles. The number of likely N-dealkylation sites (tertiary alicyclic amines) is 1. The molecule has 0 radical (unpaired) electrons. The van der Waals surface area contributed by atoms with Crippen molar-refractivity contribution in [2.75, 3.05) is 37.7 Å². The predicted molar refractivity (Wildman–Crippen MR) is 133 cm³/mol. The fourth-order valence-electron chi connectivity index (χ4n) is 5.23. The van der Waals surface area contributed by atoms with Crippen LogP contribution >= 0.6 is 0 Å². The molecule has 0 saturated carbocycles. The first-order valence-electron chi connectivity index (χ1n) is 12.3. The summed E-state index contributed by atoms with van der Waals surface area (Å²) in [5.41, 5.74) is 5.15. The molecule has 3 aromatic rings. The van der Waals surface area contributed by atoms with Gasteiger partial charge in [-0.25, -0.2) is 4.39 Å². The van der Waals surface area contributed by atoms with Gasteiger partial charge in [0.15, 0.2) is 0 Å². The molecule has 172 valence electrons. The van der Waals surface area contributed by atoms with Crippen LogP contribution in [0.2, 0.25) is 0 Å². The van der Waals surface area contributed by atoms with Crippen molar-refractivity contribution in [3.05, 3.63) is 95.3 Å². The van der Waals surface area contributed by atoms with E-state index in [1.807, 2.05) is 12.1 Å². The monoisotopic (exact) mass is 444 g/mol. The topological polar surface area (TPSA) is 15.7 Å². The Balaban J connectivity index is 1.27. The third kappa shape index (κ3) is 5.39. The van der Waals surface area contributed by atoms with Crippen molar-refractivity contribution in [2.45, 2.75) is 38.1 Å². The summed E-state index contributed by atoms with van der Waals surface area (Å²) in [6.45, 7) is 5.09. The zero-order valence-electron chi connectivity index (χ0n) is 19.3. The summed E-state index contributed by atoms with van der Waals surface area (Å²) in [5.74, 6) is 0.749. The van der Waals surface area contributed by atoms with Crippen LogP contribution in [0.1, 0.15) is 42.0 Å². The zero-order chi connectivity index (χ0) is 22.5. The van der Waals surface area contributed by atoms with Crippen LogP contribution in [0.3, 0.4) is 0 Å². The molecule has 3 nitrogen and oxygen atoms in total. The number of hydrogen-bond donors (Lipinski definition) is 0. The lowest BCUT2D eigenvalue weighted by Crippen LogP contribution is -2.36. The molecule has 0 aromatic heterocycles. The number of ether oxygens (including phenoxy) is 1. The lowest BCUT2D eigenvalue weighted by Gasteiger charge is -2.39. The molecule has 0 spiro atoms. The van der Waals surface area contributed by atoms with Gasteiger partial charge in [-0.2, -0.15) is 0 Å². The minimum atomic E-state index is -0.191. The summed E-state index contributed by atoms with van der Waals surface area (Å²) in [5, 5.41) is 0. The summed E-state index contributed by atoms with van der Waals surface area (Å²) in [6.07, 6.45) is 5.90. The van der Waals surface area contributed by atoms with Crippen LogP contribution in [-0.2, 0) is 12.8 Å². The summed E-state index contributed by atoms with van der Waals surface area (Å²) < 4.78 is 19.6. The van der Waals surface area contributed by atoms with Gasteiger partial charge in [0.05, 0.1) is 6.04 Å². The van der Waals surface area contributed by atoms with E-state index in [-0.39, 0.29) is 11.9 Å². The fourth-order valence-corrected chi connectivity index (χ4v) is 5.23. The van der Waals surface area contributed by atoms with Crippen molar-refractivity contribution in [3.63, 3.8) is 0 Å². The van der Waals surface area contributed by atoms with E-state index in [0.717, 1.165) is 44.0 Å². The minimum absolute atomic E-state index is 0.191. The quantitative estimate of drug-likeness (QED) is 0.442. The summed E-state index contributed by atoms with van der Waals surface area (Å²) >= 11 is 0. The molecule has 2 heterocycles. The van der Waals surface area contributed by atoms with Crippen molar-refractivity contribution in [1.82, 2.24) is 4.90 Å². The average Bonchev–Trinajstić information content (AvgIpc) is 2.87. The van der Waals surface area contributed by atoms with Crippen molar-refractivity contribution in [3.8, 4) is 5.75 Å². The second-order valence-electron chi connectivity index (χ2n) is 9.23. The molecular weight excluding hydrogens is 411 g/mol. The fraction of sp³-hybridized carbons (Fsp3) is 0.379. The maximum atomic E-state index is 13.5. The number of halogens is 1. The van der Waals surface area contributed by atoms with Gasteiger partial charge in [-0.3, -0.25) is 4.90 Å². The molecule has 3 aromatic carbocycles. The van der Waals surface area contributed by atoms with E-state index in [4.69, 9.17) is 4.74 Å². The lowest BCUT2D eigenvalue weighted by molar-refractivity contribution is 0.183. The number of nitrogens with zero attached hydrogens (tertiary/aromatic N) is 2. The van der Waals surface area contributed by atoms with Gasteiger partial charge in [-0.15, -0.1) is 0 Å². The molecule has 0 N–H and O–H groups in total. The molecule has 0 aliphatic carbocycles. The standard InChI is InChI=1S/C29H33FN2O/c30-25-10-12-26(13-11-25)32-19-16-24-6-2-3-7-28(24)29(32)22-23-8-14-27(15-9-23)33-21-20-31-17-4-1-5-18-31/h2-3,6-15,29H,1,4-5,16-22H2. The summed E-state index contributed by atoms with van der Waals surface area (Å²) in [7, 11) is 0.